The van der Waals surface area contributed by atoms with Gasteiger partial charge in [-0.25, -0.2) is 4.98 Å². The number of aromatic nitrogens is 1. The van der Waals surface area contributed by atoms with Gasteiger partial charge in [0, 0.05) is 11.1 Å². The Balaban J connectivity index is 1.79. The lowest BCUT2D eigenvalue weighted by molar-refractivity contribution is -0.144. The number of carbonyl (C=O) groups is 2. The highest BCUT2D eigenvalue weighted by atomic mass is 35.5. The van der Waals surface area contributed by atoms with Crippen LogP contribution in [-0.4, -0.2) is 29.2 Å². The van der Waals surface area contributed by atoms with E-state index in [1.54, 1.807) is 6.92 Å². The van der Waals surface area contributed by atoms with Gasteiger partial charge in [-0.15, -0.1) is 11.8 Å². The third-order valence-electron chi connectivity index (χ3n) is 2.92. The number of pyridine rings is 1. The smallest absolute Gasteiger partial charge is 0.316 e. The Morgan fingerprint density at radius 2 is 1.96 bits per heavy atom. The first kappa shape index (κ1) is 18.6. The van der Waals surface area contributed by atoms with Crippen LogP contribution in [0.5, 0.6) is 0 Å². The molecule has 0 saturated heterocycles. The maximum atomic E-state index is 11.8. The van der Waals surface area contributed by atoms with Gasteiger partial charge in [-0.1, -0.05) is 41.4 Å². The van der Waals surface area contributed by atoms with Crippen molar-refractivity contribution in [2.75, 3.05) is 17.7 Å². The van der Waals surface area contributed by atoms with Crippen LogP contribution >= 0.6 is 35.0 Å². The van der Waals surface area contributed by atoms with Gasteiger partial charge in [-0.2, -0.15) is 0 Å². The van der Waals surface area contributed by atoms with Crippen molar-refractivity contribution in [3.63, 3.8) is 0 Å². The second-order valence-corrected chi connectivity index (χ2v) is 6.54. The molecule has 1 aromatic carbocycles. The van der Waals surface area contributed by atoms with Crippen LogP contribution in [0.4, 0.5) is 5.82 Å². The molecule has 1 aromatic heterocycles. The summed E-state index contributed by atoms with van der Waals surface area (Å²) < 4.78 is 4.92. The molecule has 1 N–H and O–H groups in total. The number of hydrogen-bond acceptors (Lipinski definition) is 5. The first-order chi connectivity index (χ1) is 11.5. The Morgan fingerprint density at radius 1 is 1.25 bits per heavy atom. The molecule has 0 atom stereocenters. The molecule has 2 rings (SSSR count). The molecular weight excluding hydrogens is 371 g/mol. The fourth-order valence-electron chi connectivity index (χ4n) is 1.66. The van der Waals surface area contributed by atoms with Gasteiger partial charge in [-0.05, 0) is 24.6 Å². The van der Waals surface area contributed by atoms with Crippen molar-refractivity contribution in [1.29, 1.82) is 0 Å². The maximum absolute atomic E-state index is 11.8. The Bertz CT molecular complexity index is 742. The predicted octanol–water partition coefficient (Wildman–Crippen LogP) is 3.97. The van der Waals surface area contributed by atoms with E-state index in [1.165, 1.54) is 18.0 Å². The van der Waals surface area contributed by atoms with E-state index in [9.17, 15) is 9.59 Å². The number of nitrogens with zero attached hydrogens (tertiary/aromatic N) is 1. The molecule has 0 bridgehead atoms. The lowest BCUT2D eigenvalue weighted by atomic mass is 10.3. The Labute approximate surface area is 153 Å². The molecular formula is C16H14Cl2N2O3S. The number of halogens is 2. The van der Waals surface area contributed by atoms with Crippen LogP contribution in [-0.2, 0) is 14.3 Å². The molecule has 24 heavy (non-hydrogen) atoms. The minimum absolute atomic E-state index is 0.121. The van der Waals surface area contributed by atoms with Crippen molar-refractivity contribution in [2.45, 2.75) is 11.8 Å². The summed E-state index contributed by atoms with van der Waals surface area (Å²) in [5.41, 5.74) is 0.611. The maximum Gasteiger partial charge on any atom is 0.316 e. The number of esters is 1. The topological polar surface area (TPSA) is 68.3 Å². The zero-order valence-corrected chi connectivity index (χ0v) is 15.0. The number of amides is 1. The lowest BCUT2D eigenvalue weighted by Crippen LogP contribution is -2.22. The SMILES string of the molecule is Cc1c(Cl)cnc(NC(=O)COC(=O)CSc2ccccc2)c1Cl. The molecule has 0 radical (unpaired) electrons. The van der Waals surface area contributed by atoms with E-state index in [-0.39, 0.29) is 16.6 Å². The number of benzene rings is 1. The Kier molecular flexibility index (Phi) is 6.90. The van der Waals surface area contributed by atoms with Crippen molar-refractivity contribution in [3.8, 4) is 0 Å². The van der Waals surface area contributed by atoms with Crippen molar-refractivity contribution < 1.29 is 14.3 Å². The van der Waals surface area contributed by atoms with Gasteiger partial charge in [0.2, 0.25) is 0 Å². The second kappa shape index (κ2) is 8.92. The van der Waals surface area contributed by atoms with E-state index in [4.69, 9.17) is 27.9 Å². The molecule has 0 unspecified atom stereocenters. The second-order valence-electron chi connectivity index (χ2n) is 4.70. The highest BCUT2D eigenvalue weighted by Crippen LogP contribution is 2.28. The zero-order chi connectivity index (χ0) is 17.5. The van der Waals surface area contributed by atoms with E-state index in [2.05, 4.69) is 10.3 Å². The van der Waals surface area contributed by atoms with E-state index < -0.39 is 18.5 Å². The van der Waals surface area contributed by atoms with Gasteiger partial charge in [0.25, 0.3) is 5.91 Å². The van der Waals surface area contributed by atoms with Gasteiger partial charge in [-0.3, -0.25) is 9.59 Å². The summed E-state index contributed by atoms with van der Waals surface area (Å²) in [5.74, 6) is -0.705. The first-order valence-corrected chi connectivity index (χ1v) is 8.65. The fourth-order valence-corrected chi connectivity index (χ4v) is 2.77. The van der Waals surface area contributed by atoms with E-state index in [0.29, 0.717) is 10.6 Å². The molecule has 0 spiro atoms. The summed E-state index contributed by atoms with van der Waals surface area (Å²) in [4.78, 5) is 28.4. The fraction of sp³-hybridized carbons (Fsp3) is 0.188. The van der Waals surface area contributed by atoms with Crippen molar-refractivity contribution in [1.82, 2.24) is 4.98 Å². The number of hydrogen-bond donors (Lipinski definition) is 1. The highest BCUT2D eigenvalue weighted by Gasteiger charge is 2.13. The Hall–Kier alpha value is -1.76. The van der Waals surface area contributed by atoms with Gasteiger partial charge < -0.3 is 10.1 Å². The molecule has 1 heterocycles. The molecule has 0 aliphatic heterocycles. The molecule has 0 aliphatic carbocycles. The molecule has 0 saturated carbocycles. The van der Waals surface area contributed by atoms with Crippen LogP contribution < -0.4 is 5.32 Å². The predicted molar refractivity (Wildman–Crippen MR) is 95.7 cm³/mol. The van der Waals surface area contributed by atoms with Crippen LogP contribution in [0.15, 0.2) is 41.4 Å². The summed E-state index contributed by atoms with van der Waals surface area (Å²) in [6.45, 7) is 1.30. The number of anilines is 1. The summed E-state index contributed by atoms with van der Waals surface area (Å²) >= 11 is 13.3. The Morgan fingerprint density at radius 3 is 2.67 bits per heavy atom. The number of rotatable bonds is 6. The zero-order valence-electron chi connectivity index (χ0n) is 12.7. The molecule has 0 aliphatic rings. The van der Waals surface area contributed by atoms with Crippen LogP contribution in [0.2, 0.25) is 10.0 Å². The van der Waals surface area contributed by atoms with Crippen LogP contribution in [0, 0.1) is 6.92 Å². The number of nitrogens with one attached hydrogen (secondary N) is 1. The third-order valence-corrected chi connectivity index (χ3v) is 4.75. The number of carbonyl (C=O) groups excluding carboxylic acids is 2. The molecule has 5 nitrogen and oxygen atoms in total. The summed E-state index contributed by atoms with van der Waals surface area (Å²) in [7, 11) is 0. The first-order valence-electron chi connectivity index (χ1n) is 6.91. The average Bonchev–Trinajstić information content (AvgIpc) is 2.59. The van der Waals surface area contributed by atoms with Crippen LogP contribution in [0.1, 0.15) is 5.56 Å². The normalized spacial score (nSPS) is 10.3. The molecule has 1 amide bonds. The highest BCUT2D eigenvalue weighted by molar-refractivity contribution is 8.00. The monoisotopic (exact) mass is 384 g/mol. The minimum Gasteiger partial charge on any atom is -0.455 e. The summed E-state index contributed by atoms with van der Waals surface area (Å²) in [6, 6.07) is 9.44. The van der Waals surface area contributed by atoms with Gasteiger partial charge in [0.05, 0.1) is 15.8 Å². The largest absolute Gasteiger partial charge is 0.455 e. The molecule has 0 fully saturated rings. The van der Waals surface area contributed by atoms with Gasteiger partial charge in [0.15, 0.2) is 12.4 Å². The van der Waals surface area contributed by atoms with E-state index in [0.717, 1.165) is 4.90 Å². The molecule has 126 valence electrons. The van der Waals surface area contributed by atoms with Crippen LogP contribution in [0.25, 0.3) is 0 Å². The minimum atomic E-state index is -0.524. The van der Waals surface area contributed by atoms with Crippen LogP contribution in [0.3, 0.4) is 0 Å². The van der Waals surface area contributed by atoms with Crippen molar-refractivity contribution in [3.05, 3.63) is 52.1 Å². The summed E-state index contributed by atoms with van der Waals surface area (Å²) in [5, 5.41) is 3.14. The third kappa shape index (κ3) is 5.40. The van der Waals surface area contributed by atoms with E-state index >= 15 is 0 Å². The quantitative estimate of drug-likeness (QED) is 0.602. The number of thioether (sulfide) groups is 1. The molecule has 2 aromatic rings. The molecule has 8 heteroatoms. The van der Waals surface area contributed by atoms with Gasteiger partial charge in [0.1, 0.15) is 0 Å². The van der Waals surface area contributed by atoms with Crippen molar-refractivity contribution >= 4 is 52.7 Å². The van der Waals surface area contributed by atoms with E-state index in [1.807, 2.05) is 30.3 Å². The lowest BCUT2D eigenvalue weighted by Gasteiger charge is -2.09. The average molecular weight is 385 g/mol. The van der Waals surface area contributed by atoms with Crippen molar-refractivity contribution in [2.24, 2.45) is 0 Å². The number of ether oxygens (including phenoxy) is 1. The van der Waals surface area contributed by atoms with Gasteiger partial charge >= 0.3 is 5.97 Å². The summed E-state index contributed by atoms with van der Waals surface area (Å²) in [6.07, 6.45) is 1.39. The standard InChI is InChI=1S/C16H14Cl2N2O3S/c1-10-12(17)7-19-16(15(10)18)20-13(21)8-23-14(22)9-24-11-5-3-2-4-6-11/h2-7H,8-9H2,1H3,(H,19,20,21).